The van der Waals surface area contributed by atoms with Crippen molar-refractivity contribution in [3.63, 3.8) is 0 Å². The average molecular weight is 291 g/mol. The van der Waals surface area contributed by atoms with Crippen LogP contribution in [0, 0.1) is 11.6 Å². The fraction of sp³-hybridized carbons (Fsp3) is 0.250. The monoisotopic (exact) mass is 291 g/mol. The molecule has 0 saturated heterocycles. The lowest BCUT2D eigenvalue weighted by atomic mass is 10.1. The SMILES string of the molecule is Fc1cc(F)cc(CCNCc2cccc3c2OCO3)c1. The van der Waals surface area contributed by atoms with Crippen molar-refractivity contribution in [1.82, 2.24) is 5.32 Å². The maximum atomic E-state index is 13.1. The summed E-state index contributed by atoms with van der Waals surface area (Å²) in [5, 5.41) is 3.24. The summed E-state index contributed by atoms with van der Waals surface area (Å²) in [6.07, 6.45) is 0.557. The summed E-state index contributed by atoms with van der Waals surface area (Å²) in [7, 11) is 0. The zero-order chi connectivity index (χ0) is 14.7. The molecule has 1 heterocycles. The van der Waals surface area contributed by atoms with Crippen LogP contribution in [0.4, 0.5) is 8.78 Å². The second-order valence-corrected chi connectivity index (χ2v) is 4.86. The van der Waals surface area contributed by atoms with Crippen molar-refractivity contribution in [3.8, 4) is 11.5 Å². The second kappa shape index (κ2) is 6.10. The van der Waals surface area contributed by atoms with Gasteiger partial charge in [0.1, 0.15) is 11.6 Å². The highest BCUT2D eigenvalue weighted by atomic mass is 19.1. The van der Waals surface area contributed by atoms with Crippen molar-refractivity contribution in [3.05, 3.63) is 59.2 Å². The van der Waals surface area contributed by atoms with Gasteiger partial charge >= 0.3 is 0 Å². The summed E-state index contributed by atoms with van der Waals surface area (Å²) in [5.41, 5.74) is 1.65. The van der Waals surface area contributed by atoms with Gasteiger partial charge in [0.25, 0.3) is 0 Å². The molecule has 21 heavy (non-hydrogen) atoms. The van der Waals surface area contributed by atoms with Gasteiger partial charge in [0.15, 0.2) is 11.5 Å². The fourth-order valence-electron chi connectivity index (χ4n) is 2.34. The van der Waals surface area contributed by atoms with Gasteiger partial charge in [-0.05, 0) is 36.7 Å². The molecule has 0 aliphatic carbocycles. The molecular formula is C16H15F2NO2. The number of halogens is 2. The molecule has 110 valence electrons. The second-order valence-electron chi connectivity index (χ2n) is 4.86. The Hall–Kier alpha value is -2.14. The Morgan fingerprint density at radius 1 is 1.05 bits per heavy atom. The van der Waals surface area contributed by atoms with Crippen molar-refractivity contribution in [2.24, 2.45) is 0 Å². The van der Waals surface area contributed by atoms with E-state index in [-0.39, 0.29) is 6.79 Å². The lowest BCUT2D eigenvalue weighted by molar-refractivity contribution is 0.173. The smallest absolute Gasteiger partial charge is 0.231 e. The highest BCUT2D eigenvalue weighted by Crippen LogP contribution is 2.35. The summed E-state index contributed by atoms with van der Waals surface area (Å²) < 4.78 is 36.8. The van der Waals surface area contributed by atoms with Crippen LogP contribution >= 0.6 is 0 Å². The van der Waals surface area contributed by atoms with Gasteiger partial charge in [-0.1, -0.05) is 12.1 Å². The van der Waals surface area contributed by atoms with Crippen LogP contribution < -0.4 is 14.8 Å². The average Bonchev–Trinajstić information content (AvgIpc) is 2.91. The fourth-order valence-corrected chi connectivity index (χ4v) is 2.34. The minimum Gasteiger partial charge on any atom is -0.454 e. The molecule has 0 saturated carbocycles. The predicted octanol–water partition coefficient (Wildman–Crippen LogP) is 3.03. The Morgan fingerprint density at radius 3 is 2.67 bits per heavy atom. The molecule has 0 amide bonds. The summed E-state index contributed by atoms with van der Waals surface area (Å²) in [5.74, 6) is 0.427. The Balaban J connectivity index is 1.54. The first kappa shape index (κ1) is 13.8. The highest BCUT2D eigenvalue weighted by molar-refractivity contribution is 5.48. The summed E-state index contributed by atoms with van der Waals surface area (Å²) in [6, 6.07) is 9.31. The molecule has 0 atom stereocenters. The molecule has 0 unspecified atom stereocenters. The number of para-hydroxylation sites is 1. The number of hydrogen-bond donors (Lipinski definition) is 1. The van der Waals surface area contributed by atoms with Gasteiger partial charge in [0, 0.05) is 18.2 Å². The molecule has 3 rings (SSSR count). The number of fused-ring (bicyclic) bond motifs is 1. The van der Waals surface area contributed by atoms with Crippen molar-refractivity contribution in [1.29, 1.82) is 0 Å². The van der Waals surface area contributed by atoms with Crippen LogP contribution in [0.25, 0.3) is 0 Å². The minimum absolute atomic E-state index is 0.245. The van der Waals surface area contributed by atoms with Gasteiger partial charge in [-0.3, -0.25) is 0 Å². The summed E-state index contributed by atoms with van der Waals surface area (Å²) in [4.78, 5) is 0. The molecule has 1 N–H and O–H groups in total. The van der Waals surface area contributed by atoms with Crippen LogP contribution in [0.5, 0.6) is 11.5 Å². The van der Waals surface area contributed by atoms with E-state index in [2.05, 4.69) is 5.32 Å². The quantitative estimate of drug-likeness (QED) is 0.859. The third-order valence-corrected chi connectivity index (χ3v) is 3.31. The third-order valence-electron chi connectivity index (χ3n) is 3.31. The van der Waals surface area contributed by atoms with E-state index >= 15 is 0 Å². The highest BCUT2D eigenvalue weighted by Gasteiger charge is 2.16. The van der Waals surface area contributed by atoms with Gasteiger partial charge < -0.3 is 14.8 Å². The first-order valence-corrected chi connectivity index (χ1v) is 6.75. The number of ether oxygens (including phenoxy) is 2. The minimum atomic E-state index is -0.545. The predicted molar refractivity (Wildman–Crippen MR) is 74.3 cm³/mol. The van der Waals surface area contributed by atoms with Crippen LogP contribution in [0.2, 0.25) is 0 Å². The van der Waals surface area contributed by atoms with Gasteiger partial charge in [-0.2, -0.15) is 0 Å². The standard InChI is InChI=1S/C16H15F2NO2/c17-13-6-11(7-14(18)8-13)4-5-19-9-12-2-1-3-15-16(12)21-10-20-15/h1-3,6-8,19H,4-5,9-10H2. The van der Waals surface area contributed by atoms with Crippen LogP contribution in [0.1, 0.15) is 11.1 Å². The number of rotatable bonds is 5. The Kier molecular flexibility index (Phi) is 4.01. The lowest BCUT2D eigenvalue weighted by Crippen LogP contribution is -2.17. The van der Waals surface area contributed by atoms with Crippen LogP contribution in [-0.4, -0.2) is 13.3 Å². The molecule has 0 spiro atoms. The van der Waals surface area contributed by atoms with E-state index in [0.29, 0.717) is 25.1 Å². The summed E-state index contributed by atoms with van der Waals surface area (Å²) in [6.45, 7) is 1.48. The van der Waals surface area contributed by atoms with E-state index in [1.165, 1.54) is 12.1 Å². The topological polar surface area (TPSA) is 30.5 Å². The molecule has 0 fully saturated rings. The maximum Gasteiger partial charge on any atom is 0.231 e. The van der Waals surface area contributed by atoms with Crippen LogP contribution in [0.15, 0.2) is 36.4 Å². The Labute approximate surface area is 121 Å². The van der Waals surface area contributed by atoms with Crippen LogP contribution in [0.3, 0.4) is 0 Å². The first-order chi connectivity index (χ1) is 10.2. The maximum absolute atomic E-state index is 13.1. The molecule has 3 nitrogen and oxygen atoms in total. The first-order valence-electron chi connectivity index (χ1n) is 6.75. The molecule has 1 aliphatic rings. The Bertz CT molecular complexity index is 626. The Morgan fingerprint density at radius 2 is 1.86 bits per heavy atom. The number of hydrogen-bond acceptors (Lipinski definition) is 3. The molecule has 0 bridgehead atoms. The third kappa shape index (κ3) is 3.31. The van der Waals surface area contributed by atoms with Crippen molar-refractivity contribution in [2.45, 2.75) is 13.0 Å². The zero-order valence-electron chi connectivity index (χ0n) is 11.4. The molecule has 0 radical (unpaired) electrons. The van der Waals surface area contributed by atoms with E-state index in [9.17, 15) is 8.78 Å². The molecule has 1 aliphatic heterocycles. The van der Waals surface area contributed by atoms with Crippen molar-refractivity contribution < 1.29 is 18.3 Å². The molecule has 2 aromatic rings. The van der Waals surface area contributed by atoms with E-state index in [4.69, 9.17) is 9.47 Å². The number of benzene rings is 2. The van der Waals surface area contributed by atoms with Crippen LogP contribution in [-0.2, 0) is 13.0 Å². The zero-order valence-corrected chi connectivity index (χ0v) is 11.4. The van der Waals surface area contributed by atoms with Gasteiger partial charge in [0.2, 0.25) is 6.79 Å². The molecule has 0 aromatic heterocycles. The summed E-state index contributed by atoms with van der Waals surface area (Å²) >= 11 is 0. The van der Waals surface area contributed by atoms with Crippen molar-refractivity contribution >= 4 is 0 Å². The van der Waals surface area contributed by atoms with Gasteiger partial charge in [-0.25, -0.2) is 8.78 Å². The lowest BCUT2D eigenvalue weighted by Gasteiger charge is -2.08. The molecular weight excluding hydrogens is 276 g/mol. The molecule has 2 aromatic carbocycles. The van der Waals surface area contributed by atoms with Crippen molar-refractivity contribution in [2.75, 3.05) is 13.3 Å². The van der Waals surface area contributed by atoms with E-state index in [0.717, 1.165) is 23.1 Å². The van der Waals surface area contributed by atoms with E-state index < -0.39 is 11.6 Å². The largest absolute Gasteiger partial charge is 0.454 e. The molecule has 5 heteroatoms. The van der Waals surface area contributed by atoms with E-state index in [1.54, 1.807) is 0 Å². The number of nitrogens with one attached hydrogen (secondary N) is 1. The van der Waals surface area contributed by atoms with Gasteiger partial charge in [0.05, 0.1) is 0 Å². The van der Waals surface area contributed by atoms with Gasteiger partial charge in [-0.15, -0.1) is 0 Å². The normalized spacial score (nSPS) is 12.7. The van der Waals surface area contributed by atoms with E-state index in [1.807, 2.05) is 18.2 Å².